The summed E-state index contributed by atoms with van der Waals surface area (Å²) in [5.74, 6) is -0.137. The van der Waals surface area contributed by atoms with E-state index < -0.39 is 12.0 Å². The molecule has 4 aromatic rings. The molecule has 1 aromatic heterocycles. The van der Waals surface area contributed by atoms with E-state index in [9.17, 15) is 14.3 Å². The van der Waals surface area contributed by atoms with Crippen LogP contribution in [-0.2, 0) is 31.2 Å². The number of rotatable bonds is 12. The van der Waals surface area contributed by atoms with Crippen LogP contribution in [0.3, 0.4) is 0 Å². The quantitative estimate of drug-likeness (QED) is 0.295. The van der Waals surface area contributed by atoms with Gasteiger partial charge in [-0.05, 0) is 83.3 Å². The summed E-state index contributed by atoms with van der Waals surface area (Å²) in [6.07, 6.45) is 1.12. The summed E-state index contributed by atoms with van der Waals surface area (Å²) in [5, 5.41) is 25.4. The minimum Gasteiger partial charge on any atom is -0.382 e. The van der Waals surface area contributed by atoms with E-state index in [-0.39, 0.29) is 12.4 Å². The van der Waals surface area contributed by atoms with Crippen molar-refractivity contribution >= 4 is 11.6 Å². The van der Waals surface area contributed by atoms with Gasteiger partial charge in [-0.15, -0.1) is 5.10 Å². The molecule has 0 aliphatic rings. The average molecular weight is 517 g/mol. The normalized spacial score (nSPS) is 12.0. The third-order valence-corrected chi connectivity index (χ3v) is 6.38. The topological polar surface area (TPSA) is 96.2 Å². The number of tetrazole rings is 1. The molecule has 0 radical (unpaired) electrons. The molecule has 4 rings (SSSR count). The Morgan fingerprint density at radius 1 is 1.05 bits per heavy atom. The summed E-state index contributed by atoms with van der Waals surface area (Å²) in [6, 6.07) is 22.1. The maximum absolute atomic E-state index is 13.2. The van der Waals surface area contributed by atoms with Crippen molar-refractivity contribution in [2.24, 2.45) is 7.05 Å². The van der Waals surface area contributed by atoms with Crippen LogP contribution in [0.15, 0.2) is 72.8 Å². The van der Waals surface area contributed by atoms with Gasteiger partial charge in [0.2, 0.25) is 0 Å². The summed E-state index contributed by atoms with van der Waals surface area (Å²) in [7, 11) is 1.76. The van der Waals surface area contributed by atoms with Crippen LogP contribution in [0.5, 0.6) is 0 Å². The van der Waals surface area contributed by atoms with E-state index in [2.05, 4.69) is 25.7 Å². The zero-order chi connectivity index (χ0) is 26.9. The lowest BCUT2D eigenvalue weighted by molar-refractivity contribution is -0.125. The van der Waals surface area contributed by atoms with Gasteiger partial charge in [0.25, 0.3) is 5.91 Å². The molecule has 0 saturated carbocycles. The minimum absolute atomic E-state index is 0.178. The van der Waals surface area contributed by atoms with E-state index >= 15 is 0 Å². The van der Waals surface area contributed by atoms with Gasteiger partial charge in [0.05, 0.1) is 0 Å². The second-order valence-corrected chi connectivity index (χ2v) is 9.35. The number of halogens is 1. The van der Waals surface area contributed by atoms with Crippen LogP contribution < -0.4 is 5.32 Å². The highest BCUT2D eigenvalue weighted by Gasteiger charge is 2.20. The van der Waals surface area contributed by atoms with E-state index in [0.29, 0.717) is 24.6 Å². The van der Waals surface area contributed by atoms with Gasteiger partial charge >= 0.3 is 0 Å². The smallest absolute Gasteiger partial charge is 0.254 e. The molecule has 9 heteroatoms. The number of nitrogens with one attached hydrogen (secondary N) is 1. The molecule has 1 atom stereocenters. The van der Waals surface area contributed by atoms with Gasteiger partial charge in [-0.25, -0.2) is 9.07 Å². The molecular weight excluding hydrogens is 483 g/mol. The second-order valence-electron chi connectivity index (χ2n) is 9.35. The third kappa shape index (κ3) is 7.53. The lowest BCUT2D eigenvalue weighted by Crippen LogP contribution is -2.40. The Bertz CT molecular complexity index is 1330. The van der Waals surface area contributed by atoms with Crippen molar-refractivity contribution in [2.45, 2.75) is 38.8 Å². The number of hydrogen-bond donors (Lipinski definition) is 2. The van der Waals surface area contributed by atoms with Crippen LogP contribution in [0.4, 0.5) is 10.1 Å². The molecule has 0 aliphatic heterocycles. The SMILES string of the molecule is CCc1cc(NC(=O)[C@@H](O)CN(CCCc2ccc(F)cc2)Cc2ccccc2)cc(-c2nnnn2C)c1. The Morgan fingerprint density at radius 2 is 1.82 bits per heavy atom. The Labute approximate surface area is 222 Å². The molecule has 0 unspecified atom stereocenters. The first kappa shape index (κ1) is 27.1. The lowest BCUT2D eigenvalue weighted by atomic mass is 10.1. The summed E-state index contributed by atoms with van der Waals surface area (Å²) < 4.78 is 14.8. The molecule has 3 aromatic carbocycles. The Morgan fingerprint density at radius 3 is 2.50 bits per heavy atom. The monoisotopic (exact) mass is 516 g/mol. The molecule has 0 fully saturated rings. The first-order valence-corrected chi connectivity index (χ1v) is 12.8. The van der Waals surface area contributed by atoms with Gasteiger partial charge in [0, 0.05) is 31.4 Å². The number of aryl methyl sites for hydroxylation is 3. The van der Waals surface area contributed by atoms with Crippen molar-refractivity contribution in [3.05, 3.63) is 95.3 Å². The van der Waals surface area contributed by atoms with Crippen LogP contribution in [0, 0.1) is 5.82 Å². The van der Waals surface area contributed by atoms with Gasteiger partial charge in [0.15, 0.2) is 5.82 Å². The van der Waals surface area contributed by atoms with Crippen molar-refractivity contribution in [2.75, 3.05) is 18.4 Å². The van der Waals surface area contributed by atoms with Gasteiger partial charge in [-0.3, -0.25) is 9.69 Å². The van der Waals surface area contributed by atoms with Crippen molar-refractivity contribution in [1.29, 1.82) is 0 Å². The van der Waals surface area contributed by atoms with Crippen molar-refractivity contribution < 1.29 is 14.3 Å². The summed E-state index contributed by atoms with van der Waals surface area (Å²) in [6.45, 7) is 3.48. The molecule has 0 aliphatic carbocycles. The zero-order valence-electron chi connectivity index (χ0n) is 21.7. The third-order valence-electron chi connectivity index (χ3n) is 6.38. The van der Waals surface area contributed by atoms with E-state index in [1.807, 2.05) is 49.4 Å². The van der Waals surface area contributed by atoms with E-state index in [1.165, 1.54) is 12.1 Å². The fourth-order valence-electron chi connectivity index (χ4n) is 4.36. The van der Waals surface area contributed by atoms with E-state index in [1.54, 1.807) is 29.9 Å². The van der Waals surface area contributed by atoms with Crippen LogP contribution >= 0.6 is 0 Å². The van der Waals surface area contributed by atoms with Gasteiger partial charge in [0.1, 0.15) is 11.9 Å². The Kier molecular flexibility index (Phi) is 9.29. The molecule has 38 heavy (non-hydrogen) atoms. The van der Waals surface area contributed by atoms with Crippen LogP contribution in [0.25, 0.3) is 11.4 Å². The molecule has 2 N–H and O–H groups in total. The molecular formula is C29H33FN6O2. The number of carbonyl (C=O) groups excluding carboxylic acids is 1. The molecule has 1 heterocycles. The Hall–Kier alpha value is -3.95. The van der Waals surface area contributed by atoms with Crippen molar-refractivity contribution in [3.63, 3.8) is 0 Å². The van der Waals surface area contributed by atoms with Crippen LogP contribution in [0.1, 0.15) is 30.0 Å². The number of aliphatic hydroxyl groups is 1. The average Bonchev–Trinajstić information content (AvgIpc) is 3.36. The fourth-order valence-corrected chi connectivity index (χ4v) is 4.36. The maximum Gasteiger partial charge on any atom is 0.254 e. The van der Waals surface area contributed by atoms with Gasteiger partial charge < -0.3 is 10.4 Å². The number of benzene rings is 3. The first-order chi connectivity index (χ1) is 18.4. The lowest BCUT2D eigenvalue weighted by Gasteiger charge is -2.25. The standard InChI is InChI=1S/C29H33FN6O2/c1-3-21-16-24(28-32-33-34-35(28)2)18-26(17-21)31-29(38)27(37)20-36(19-23-8-5-4-6-9-23)15-7-10-22-11-13-25(30)14-12-22/h4-6,8-9,11-14,16-18,27,37H,3,7,10,15,19-20H2,1-2H3,(H,31,38)/t27-/m0/s1. The largest absolute Gasteiger partial charge is 0.382 e. The van der Waals surface area contributed by atoms with E-state index in [0.717, 1.165) is 41.5 Å². The molecule has 0 saturated heterocycles. The molecule has 0 bridgehead atoms. The highest BCUT2D eigenvalue weighted by atomic mass is 19.1. The molecule has 198 valence electrons. The summed E-state index contributed by atoms with van der Waals surface area (Å²) >= 11 is 0. The Balaban J connectivity index is 1.42. The number of amides is 1. The summed E-state index contributed by atoms with van der Waals surface area (Å²) in [4.78, 5) is 15.1. The number of hydrogen-bond acceptors (Lipinski definition) is 6. The molecule has 1 amide bonds. The minimum atomic E-state index is -1.23. The predicted octanol–water partition coefficient (Wildman–Crippen LogP) is 4.01. The van der Waals surface area contributed by atoms with Crippen LogP contribution in [-0.4, -0.2) is 55.3 Å². The van der Waals surface area contributed by atoms with Gasteiger partial charge in [-0.2, -0.15) is 0 Å². The molecule has 0 spiro atoms. The number of aromatic nitrogens is 4. The van der Waals surface area contributed by atoms with E-state index in [4.69, 9.17) is 0 Å². The maximum atomic E-state index is 13.2. The van der Waals surface area contributed by atoms with Crippen molar-refractivity contribution in [3.8, 4) is 11.4 Å². The number of nitrogens with zero attached hydrogens (tertiary/aromatic N) is 5. The highest BCUT2D eigenvalue weighted by Crippen LogP contribution is 2.23. The highest BCUT2D eigenvalue weighted by molar-refractivity contribution is 5.94. The fraction of sp³-hybridized carbons (Fsp3) is 0.310. The molecule has 8 nitrogen and oxygen atoms in total. The van der Waals surface area contributed by atoms with Crippen LogP contribution in [0.2, 0.25) is 0 Å². The number of aliphatic hydroxyl groups excluding tert-OH is 1. The predicted molar refractivity (Wildman–Crippen MR) is 145 cm³/mol. The van der Waals surface area contributed by atoms with Crippen molar-refractivity contribution in [1.82, 2.24) is 25.1 Å². The summed E-state index contributed by atoms with van der Waals surface area (Å²) in [5.41, 5.74) is 4.53. The first-order valence-electron chi connectivity index (χ1n) is 12.8. The van der Waals surface area contributed by atoms with Gasteiger partial charge in [-0.1, -0.05) is 49.4 Å². The zero-order valence-corrected chi connectivity index (χ0v) is 21.7. The number of carbonyl (C=O) groups is 1. The second kappa shape index (κ2) is 13.0. The number of anilines is 1.